The van der Waals surface area contributed by atoms with Gasteiger partial charge in [-0.3, -0.25) is 9.36 Å². The van der Waals surface area contributed by atoms with Crippen molar-refractivity contribution in [1.82, 2.24) is 9.55 Å². The summed E-state index contributed by atoms with van der Waals surface area (Å²) in [5.41, 5.74) is 3.59. The summed E-state index contributed by atoms with van der Waals surface area (Å²) >= 11 is 6.65. The van der Waals surface area contributed by atoms with Gasteiger partial charge in [0.2, 0.25) is 0 Å². The van der Waals surface area contributed by atoms with Crippen molar-refractivity contribution < 1.29 is 4.74 Å². The van der Waals surface area contributed by atoms with Gasteiger partial charge in [0.1, 0.15) is 17.7 Å². The molecule has 1 fully saturated rings. The van der Waals surface area contributed by atoms with Gasteiger partial charge in [0, 0.05) is 37.7 Å². The molecule has 1 aliphatic rings. The summed E-state index contributed by atoms with van der Waals surface area (Å²) in [6.45, 7) is 7.56. The quantitative estimate of drug-likeness (QED) is 0.556. The predicted octanol–water partition coefficient (Wildman–Crippen LogP) is 5.11. The zero-order valence-electron chi connectivity index (χ0n) is 18.3. The van der Waals surface area contributed by atoms with E-state index in [1.807, 2.05) is 38.1 Å². The average Bonchev–Trinajstić information content (AvgIpc) is 2.74. The molecule has 1 aliphatic heterocycles. The second-order valence-corrected chi connectivity index (χ2v) is 8.43. The molecule has 0 unspecified atom stereocenters. The van der Waals surface area contributed by atoms with Crippen molar-refractivity contribution in [2.75, 3.05) is 18.0 Å². The van der Waals surface area contributed by atoms with Gasteiger partial charge in [-0.25, -0.2) is 4.98 Å². The molecule has 3 aromatic rings. The molecule has 162 valence electrons. The Morgan fingerprint density at radius 3 is 2.52 bits per heavy atom. The van der Waals surface area contributed by atoms with E-state index in [0.717, 1.165) is 49.5 Å². The van der Waals surface area contributed by atoms with E-state index in [-0.39, 0.29) is 11.7 Å². The minimum atomic E-state index is -0.0980. The van der Waals surface area contributed by atoms with E-state index in [1.165, 1.54) is 11.6 Å². The number of aromatic nitrogens is 2. The number of piperidine rings is 1. The highest BCUT2D eigenvalue weighted by Crippen LogP contribution is 2.31. The first-order valence-electron chi connectivity index (χ1n) is 10.8. The number of anilines is 1. The van der Waals surface area contributed by atoms with Crippen molar-refractivity contribution in [2.45, 2.75) is 46.1 Å². The second-order valence-electron chi connectivity index (χ2n) is 8.02. The lowest BCUT2D eigenvalue weighted by Crippen LogP contribution is -2.38. The van der Waals surface area contributed by atoms with Gasteiger partial charge in [0.15, 0.2) is 0 Å². The Balaban J connectivity index is 1.46. The van der Waals surface area contributed by atoms with Gasteiger partial charge in [-0.2, -0.15) is 0 Å². The van der Waals surface area contributed by atoms with Crippen molar-refractivity contribution in [1.29, 1.82) is 0 Å². The minimum Gasteiger partial charge on any atom is -0.490 e. The van der Waals surface area contributed by atoms with Crippen LogP contribution in [0.25, 0.3) is 5.69 Å². The van der Waals surface area contributed by atoms with E-state index in [4.69, 9.17) is 16.3 Å². The lowest BCUT2D eigenvalue weighted by atomic mass is 10.1. The fraction of sp³-hybridized carbons (Fsp3) is 0.360. The summed E-state index contributed by atoms with van der Waals surface area (Å²) < 4.78 is 7.89. The van der Waals surface area contributed by atoms with Crippen LogP contribution in [0.1, 0.15) is 36.8 Å². The summed E-state index contributed by atoms with van der Waals surface area (Å²) in [5, 5.41) is 0.639. The summed E-state index contributed by atoms with van der Waals surface area (Å²) in [6.07, 6.45) is 3.06. The number of nitrogens with zero attached hydrogens (tertiary/aromatic N) is 3. The molecule has 1 saturated heterocycles. The monoisotopic (exact) mass is 437 g/mol. The van der Waals surface area contributed by atoms with Crippen LogP contribution in [0.3, 0.4) is 0 Å². The van der Waals surface area contributed by atoms with Gasteiger partial charge >= 0.3 is 0 Å². The SMILES string of the molecule is CCc1ccccc1OC1CCN(c2ccc(-n3c(C)nc(C)cc3=O)cc2Cl)CC1. The van der Waals surface area contributed by atoms with Crippen LogP contribution in [0.15, 0.2) is 53.3 Å². The van der Waals surface area contributed by atoms with Gasteiger partial charge in [0.05, 0.1) is 16.4 Å². The normalized spacial score (nSPS) is 14.6. The molecule has 0 bridgehead atoms. The van der Waals surface area contributed by atoms with Crippen molar-refractivity contribution >= 4 is 17.3 Å². The van der Waals surface area contributed by atoms with E-state index < -0.39 is 0 Å². The Hall–Kier alpha value is -2.79. The van der Waals surface area contributed by atoms with E-state index in [2.05, 4.69) is 35.0 Å². The lowest BCUT2D eigenvalue weighted by Gasteiger charge is -2.34. The van der Waals surface area contributed by atoms with Crippen LogP contribution in [-0.2, 0) is 6.42 Å². The molecule has 0 spiro atoms. The Kier molecular flexibility index (Phi) is 6.33. The molecule has 0 atom stereocenters. The summed E-state index contributed by atoms with van der Waals surface area (Å²) in [4.78, 5) is 19.1. The number of para-hydroxylation sites is 1. The molecule has 31 heavy (non-hydrogen) atoms. The Morgan fingerprint density at radius 1 is 1.10 bits per heavy atom. The molecule has 5 nitrogen and oxygen atoms in total. The van der Waals surface area contributed by atoms with Crippen molar-refractivity contribution in [3.63, 3.8) is 0 Å². The van der Waals surface area contributed by atoms with E-state index >= 15 is 0 Å². The molecular weight excluding hydrogens is 410 g/mol. The minimum absolute atomic E-state index is 0.0980. The molecule has 4 rings (SSSR count). The second kappa shape index (κ2) is 9.15. The fourth-order valence-electron chi connectivity index (χ4n) is 4.25. The number of aryl methyl sites for hydroxylation is 3. The molecule has 6 heteroatoms. The topological polar surface area (TPSA) is 47.4 Å². The van der Waals surface area contributed by atoms with E-state index in [9.17, 15) is 4.79 Å². The average molecular weight is 438 g/mol. The number of hydrogen-bond acceptors (Lipinski definition) is 4. The fourth-order valence-corrected chi connectivity index (χ4v) is 4.54. The predicted molar refractivity (Wildman–Crippen MR) is 126 cm³/mol. The van der Waals surface area contributed by atoms with Crippen molar-refractivity contribution in [3.8, 4) is 11.4 Å². The zero-order chi connectivity index (χ0) is 22.0. The maximum atomic E-state index is 12.4. The van der Waals surface area contributed by atoms with Gasteiger partial charge in [-0.1, -0.05) is 36.7 Å². The van der Waals surface area contributed by atoms with Crippen LogP contribution < -0.4 is 15.2 Å². The number of rotatable bonds is 5. The summed E-state index contributed by atoms with van der Waals surface area (Å²) in [7, 11) is 0. The van der Waals surface area contributed by atoms with Crippen LogP contribution >= 0.6 is 11.6 Å². The van der Waals surface area contributed by atoms with Gasteiger partial charge < -0.3 is 9.64 Å². The maximum absolute atomic E-state index is 12.4. The first kappa shape index (κ1) is 21.4. The standard InChI is InChI=1S/C25H28ClN3O2/c1-4-19-7-5-6-8-24(19)31-21-11-13-28(14-12-21)23-10-9-20(16-22(23)26)29-18(3)27-17(2)15-25(29)30/h5-10,15-16,21H,4,11-14H2,1-3H3. The number of benzene rings is 2. The smallest absolute Gasteiger partial charge is 0.258 e. The summed E-state index contributed by atoms with van der Waals surface area (Å²) in [5.74, 6) is 1.65. The van der Waals surface area contributed by atoms with Crippen LogP contribution in [0.5, 0.6) is 5.75 Å². The molecule has 1 aromatic heterocycles. The van der Waals surface area contributed by atoms with E-state index in [0.29, 0.717) is 16.5 Å². The van der Waals surface area contributed by atoms with Gasteiger partial charge in [0.25, 0.3) is 5.56 Å². The lowest BCUT2D eigenvalue weighted by molar-refractivity contribution is 0.169. The Labute approximate surface area is 188 Å². The third-order valence-corrected chi connectivity index (χ3v) is 6.14. The first-order valence-corrected chi connectivity index (χ1v) is 11.2. The largest absolute Gasteiger partial charge is 0.490 e. The molecular formula is C25H28ClN3O2. The van der Waals surface area contributed by atoms with Gasteiger partial charge in [-0.15, -0.1) is 0 Å². The number of halogens is 1. The Morgan fingerprint density at radius 2 is 1.84 bits per heavy atom. The molecule has 0 N–H and O–H groups in total. The highest BCUT2D eigenvalue weighted by Gasteiger charge is 2.23. The summed E-state index contributed by atoms with van der Waals surface area (Å²) in [6, 6.07) is 15.6. The van der Waals surface area contributed by atoms with Crippen LogP contribution in [0.4, 0.5) is 5.69 Å². The molecule has 2 heterocycles. The number of hydrogen-bond donors (Lipinski definition) is 0. The van der Waals surface area contributed by atoms with E-state index in [1.54, 1.807) is 4.57 Å². The molecule has 0 radical (unpaired) electrons. The number of ether oxygens (including phenoxy) is 1. The van der Waals surface area contributed by atoms with Crippen molar-refractivity contribution in [3.05, 3.63) is 81.0 Å². The van der Waals surface area contributed by atoms with Crippen LogP contribution in [0, 0.1) is 13.8 Å². The highest BCUT2D eigenvalue weighted by molar-refractivity contribution is 6.33. The molecule has 2 aromatic carbocycles. The molecule has 0 amide bonds. The highest BCUT2D eigenvalue weighted by atomic mass is 35.5. The third kappa shape index (κ3) is 4.62. The first-order chi connectivity index (χ1) is 15.0. The molecule has 0 aliphatic carbocycles. The third-order valence-electron chi connectivity index (χ3n) is 5.83. The van der Waals surface area contributed by atoms with Crippen LogP contribution in [0.2, 0.25) is 5.02 Å². The molecule has 0 saturated carbocycles. The van der Waals surface area contributed by atoms with Crippen LogP contribution in [-0.4, -0.2) is 28.7 Å². The Bertz CT molecular complexity index is 1130. The zero-order valence-corrected chi connectivity index (χ0v) is 19.0. The van der Waals surface area contributed by atoms with Crippen molar-refractivity contribution in [2.24, 2.45) is 0 Å². The van der Waals surface area contributed by atoms with Gasteiger partial charge in [-0.05, 0) is 50.1 Å². The maximum Gasteiger partial charge on any atom is 0.258 e.